The third kappa shape index (κ3) is 3.23. The van der Waals surface area contributed by atoms with Gasteiger partial charge in [-0.25, -0.2) is 0 Å². The van der Waals surface area contributed by atoms with E-state index in [-0.39, 0.29) is 0 Å². The maximum atomic E-state index is 5.40. The third-order valence-electron chi connectivity index (χ3n) is 3.79. The number of hydrogen-bond acceptors (Lipinski definition) is 1. The fraction of sp³-hybridized carbons (Fsp3) is 1.00. The Morgan fingerprint density at radius 2 is 1.93 bits per heavy atom. The van der Waals surface area contributed by atoms with E-state index >= 15 is 0 Å². The molecule has 1 rings (SSSR count). The van der Waals surface area contributed by atoms with Crippen molar-refractivity contribution in [2.75, 3.05) is 18.5 Å². The Hall–Kier alpha value is 0.440. The van der Waals surface area contributed by atoms with Crippen LogP contribution in [-0.2, 0) is 4.74 Å². The fourth-order valence-electron chi connectivity index (χ4n) is 2.05. The standard InChI is InChI=1S/C12H23BrO/c1-10(2)12(3,9-13)8-11-4-6-14-7-5-11/h10-11H,4-9H2,1-3H3. The molecule has 0 aromatic carbocycles. The van der Waals surface area contributed by atoms with Gasteiger partial charge in [-0.1, -0.05) is 36.7 Å². The van der Waals surface area contributed by atoms with Gasteiger partial charge in [-0.05, 0) is 36.5 Å². The van der Waals surface area contributed by atoms with E-state index < -0.39 is 0 Å². The van der Waals surface area contributed by atoms with Gasteiger partial charge in [-0.15, -0.1) is 0 Å². The highest BCUT2D eigenvalue weighted by Crippen LogP contribution is 2.38. The first-order valence-corrected chi connectivity index (χ1v) is 6.84. The van der Waals surface area contributed by atoms with Gasteiger partial charge >= 0.3 is 0 Å². The molecule has 0 spiro atoms. The number of rotatable bonds is 4. The van der Waals surface area contributed by atoms with Crippen molar-refractivity contribution in [3.63, 3.8) is 0 Å². The van der Waals surface area contributed by atoms with Gasteiger partial charge in [-0.2, -0.15) is 0 Å². The van der Waals surface area contributed by atoms with Crippen molar-refractivity contribution in [2.45, 2.75) is 40.0 Å². The molecular weight excluding hydrogens is 240 g/mol. The zero-order valence-electron chi connectivity index (χ0n) is 9.68. The zero-order valence-corrected chi connectivity index (χ0v) is 11.3. The van der Waals surface area contributed by atoms with Gasteiger partial charge in [0.15, 0.2) is 0 Å². The molecule has 1 aliphatic heterocycles. The van der Waals surface area contributed by atoms with Crippen molar-refractivity contribution in [3.8, 4) is 0 Å². The largest absolute Gasteiger partial charge is 0.381 e. The molecular formula is C12H23BrO. The van der Waals surface area contributed by atoms with Crippen molar-refractivity contribution >= 4 is 15.9 Å². The lowest BCUT2D eigenvalue weighted by Crippen LogP contribution is -2.30. The van der Waals surface area contributed by atoms with Gasteiger partial charge in [-0.3, -0.25) is 0 Å². The van der Waals surface area contributed by atoms with Crippen LogP contribution in [0.1, 0.15) is 40.0 Å². The van der Waals surface area contributed by atoms with Crippen molar-refractivity contribution in [1.29, 1.82) is 0 Å². The second-order valence-electron chi connectivity index (χ2n) is 5.20. The van der Waals surface area contributed by atoms with E-state index in [1.54, 1.807) is 0 Å². The lowest BCUT2D eigenvalue weighted by atomic mass is 9.73. The molecule has 1 saturated heterocycles. The van der Waals surface area contributed by atoms with Crippen LogP contribution < -0.4 is 0 Å². The maximum absolute atomic E-state index is 5.40. The molecule has 1 nitrogen and oxygen atoms in total. The lowest BCUT2D eigenvalue weighted by molar-refractivity contribution is 0.0454. The molecule has 1 atom stereocenters. The Labute approximate surface area is 96.7 Å². The van der Waals surface area contributed by atoms with Gasteiger partial charge in [0, 0.05) is 18.5 Å². The number of ether oxygens (including phenoxy) is 1. The minimum absolute atomic E-state index is 0.460. The monoisotopic (exact) mass is 262 g/mol. The first-order chi connectivity index (χ1) is 6.58. The van der Waals surface area contributed by atoms with Crippen LogP contribution in [0.15, 0.2) is 0 Å². The molecule has 1 fully saturated rings. The van der Waals surface area contributed by atoms with E-state index in [1.807, 2.05) is 0 Å². The molecule has 0 amide bonds. The molecule has 0 bridgehead atoms. The van der Waals surface area contributed by atoms with Crippen molar-refractivity contribution in [3.05, 3.63) is 0 Å². The highest BCUT2D eigenvalue weighted by molar-refractivity contribution is 9.09. The number of halogens is 1. The molecule has 1 unspecified atom stereocenters. The van der Waals surface area contributed by atoms with E-state index in [0.29, 0.717) is 5.41 Å². The van der Waals surface area contributed by atoms with Crippen LogP contribution in [0.3, 0.4) is 0 Å². The molecule has 1 heterocycles. The van der Waals surface area contributed by atoms with Crippen LogP contribution in [0.5, 0.6) is 0 Å². The number of alkyl halides is 1. The van der Waals surface area contributed by atoms with Crippen LogP contribution in [0, 0.1) is 17.3 Å². The molecule has 0 N–H and O–H groups in total. The molecule has 2 heteroatoms. The molecule has 14 heavy (non-hydrogen) atoms. The van der Waals surface area contributed by atoms with Gasteiger partial charge in [0.25, 0.3) is 0 Å². The van der Waals surface area contributed by atoms with E-state index in [0.717, 1.165) is 30.4 Å². The average Bonchev–Trinajstić information content (AvgIpc) is 2.19. The third-order valence-corrected chi connectivity index (χ3v) is 5.08. The molecule has 0 radical (unpaired) electrons. The quantitative estimate of drug-likeness (QED) is 0.700. The summed E-state index contributed by atoms with van der Waals surface area (Å²) in [6.07, 6.45) is 3.86. The zero-order chi connectivity index (χ0) is 10.6. The summed E-state index contributed by atoms with van der Waals surface area (Å²) in [7, 11) is 0. The summed E-state index contributed by atoms with van der Waals surface area (Å²) >= 11 is 3.67. The highest BCUT2D eigenvalue weighted by Gasteiger charge is 2.31. The summed E-state index contributed by atoms with van der Waals surface area (Å²) in [5, 5.41) is 1.12. The van der Waals surface area contributed by atoms with Crippen LogP contribution in [0.4, 0.5) is 0 Å². The maximum Gasteiger partial charge on any atom is 0.0468 e. The molecule has 0 aromatic rings. The molecule has 0 aliphatic carbocycles. The second-order valence-corrected chi connectivity index (χ2v) is 5.76. The molecule has 0 saturated carbocycles. The van der Waals surface area contributed by atoms with Gasteiger partial charge in [0.1, 0.15) is 0 Å². The topological polar surface area (TPSA) is 9.23 Å². The second kappa shape index (κ2) is 5.50. The lowest BCUT2D eigenvalue weighted by Gasteiger charge is -2.36. The van der Waals surface area contributed by atoms with Crippen LogP contribution >= 0.6 is 15.9 Å². The van der Waals surface area contributed by atoms with Crippen molar-refractivity contribution < 1.29 is 4.74 Å². The van der Waals surface area contributed by atoms with E-state index in [9.17, 15) is 0 Å². The summed E-state index contributed by atoms with van der Waals surface area (Å²) in [4.78, 5) is 0. The van der Waals surface area contributed by atoms with Gasteiger partial charge in [0.05, 0.1) is 0 Å². The first kappa shape index (κ1) is 12.5. The predicted molar refractivity (Wildman–Crippen MR) is 64.9 cm³/mol. The summed E-state index contributed by atoms with van der Waals surface area (Å²) in [5.74, 6) is 1.64. The smallest absolute Gasteiger partial charge is 0.0468 e. The van der Waals surface area contributed by atoms with Gasteiger partial charge < -0.3 is 4.74 Å². The Bertz CT molecular complexity index is 164. The Kier molecular flexibility index (Phi) is 4.92. The Balaban J connectivity index is 2.46. The molecule has 0 aromatic heterocycles. The van der Waals surface area contributed by atoms with E-state index in [4.69, 9.17) is 4.74 Å². The summed E-state index contributed by atoms with van der Waals surface area (Å²) in [6, 6.07) is 0. The minimum Gasteiger partial charge on any atom is -0.381 e. The normalized spacial score (nSPS) is 23.8. The van der Waals surface area contributed by atoms with Crippen LogP contribution in [0.25, 0.3) is 0 Å². The first-order valence-electron chi connectivity index (χ1n) is 5.72. The van der Waals surface area contributed by atoms with Crippen molar-refractivity contribution in [1.82, 2.24) is 0 Å². The average molecular weight is 263 g/mol. The van der Waals surface area contributed by atoms with Crippen LogP contribution in [-0.4, -0.2) is 18.5 Å². The Morgan fingerprint density at radius 1 is 1.36 bits per heavy atom. The van der Waals surface area contributed by atoms with E-state index in [2.05, 4.69) is 36.7 Å². The van der Waals surface area contributed by atoms with E-state index in [1.165, 1.54) is 19.3 Å². The molecule has 84 valence electrons. The Morgan fingerprint density at radius 3 is 2.36 bits per heavy atom. The minimum atomic E-state index is 0.460. The number of hydrogen-bond donors (Lipinski definition) is 0. The fourth-order valence-corrected chi connectivity index (χ4v) is 2.93. The highest BCUT2D eigenvalue weighted by atomic mass is 79.9. The van der Waals surface area contributed by atoms with Crippen LogP contribution in [0.2, 0.25) is 0 Å². The summed E-state index contributed by atoms with van der Waals surface area (Å²) < 4.78 is 5.40. The summed E-state index contributed by atoms with van der Waals surface area (Å²) in [5.41, 5.74) is 0.460. The predicted octanol–water partition coefficient (Wildman–Crippen LogP) is 3.86. The molecule has 1 aliphatic rings. The SMILES string of the molecule is CC(C)C(C)(CBr)CC1CCOCC1. The van der Waals surface area contributed by atoms with Gasteiger partial charge in [0.2, 0.25) is 0 Å². The van der Waals surface area contributed by atoms with Crippen molar-refractivity contribution in [2.24, 2.45) is 17.3 Å². The summed E-state index contributed by atoms with van der Waals surface area (Å²) in [6.45, 7) is 9.02.